The molecular weight excluding hydrogens is 288 g/mol. The van der Waals surface area contributed by atoms with Crippen LogP contribution in [0.1, 0.15) is 13.3 Å². The molecule has 0 aromatic heterocycles. The Labute approximate surface area is 115 Å². The summed E-state index contributed by atoms with van der Waals surface area (Å²) in [5.74, 6) is -1.15. The largest absolute Gasteiger partial charge is 0.481 e. The molecule has 1 N–H and O–H groups in total. The first kappa shape index (κ1) is 16.1. The molecule has 8 nitrogen and oxygen atoms in total. The third-order valence-electron chi connectivity index (χ3n) is 2.81. The zero-order chi connectivity index (χ0) is 15.5. The summed E-state index contributed by atoms with van der Waals surface area (Å²) in [5, 5.41) is 19.5. The lowest BCUT2D eigenvalue weighted by molar-refractivity contribution is -0.387. The average Bonchev–Trinajstić information content (AvgIpc) is 2.36. The van der Waals surface area contributed by atoms with Crippen molar-refractivity contribution in [1.82, 2.24) is 4.31 Å². The van der Waals surface area contributed by atoms with E-state index in [1.807, 2.05) is 0 Å². The van der Waals surface area contributed by atoms with E-state index < -0.39 is 44.0 Å². The molecule has 0 amide bonds. The highest BCUT2D eigenvalue weighted by Crippen LogP contribution is 2.26. The Hall–Kier alpha value is -2.00. The number of carbonyl (C=O) groups is 1. The molecule has 0 aliphatic rings. The van der Waals surface area contributed by atoms with Crippen molar-refractivity contribution in [2.45, 2.75) is 24.3 Å². The van der Waals surface area contributed by atoms with Gasteiger partial charge in [-0.15, -0.1) is 0 Å². The molecular formula is C11H14N2O6S. The van der Waals surface area contributed by atoms with Gasteiger partial charge in [0.2, 0.25) is 10.0 Å². The van der Waals surface area contributed by atoms with Crippen LogP contribution in [0.15, 0.2) is 29.2 Å². The van der Waals surface area contributed by atoms with Gasteiger partial charge in [-0.05, 0) is 13.0 Å². The number of sulfonamides is 1. The summed E-state index contributed by atoms with van der Waals surface area (Å²) >= 11 is 0. The quantitative estimate of drug-likeness (QED) is 0.620. The smallest absolute Gasteiger partial charge is 0.304 e. The first-order chi connectivity index (χ1) is 9.17. The second-order valence-electron chi connectivity index (χ2n) is 4.19. The van der Waals surface area contributed by atoms with Crippen LogP contribution in [0.3, 0.4) is 0 Å². The summed E-state index contributed by atoms with van der Waals surface area (Å²) in [6, 6.07) is 4.12. The lowest BCUT2D eigenvalue weighted by atomic mass is 10.2. The summed E-state index contributed by atoms with van der Waals surface area (Å²) in [5.41, 5.74) is -0.540. The number of hydrogen-bond donors (Lipinski definition) is 1. The van der Waals surface area contributed by atoms with Gasteiger partial charge in [-0.2, -0.15) is 4.31 Å². The van der Waals surface area contributed by atoms with Crippen molar-refractivity contribution in [3.63, 3.8) is 0 Å². The minimum absolute atomic E-state index is 0.392. The van der Waals surface area contributed by atoms with Gasteiger partial charge >= 0.3 is 5.97 Å². The molecule has 110 valence electrons. The average molecular weight is 302 g/mol. The second kappa shape index (κ2) is 5.97. The summed E-state index contributed by atoms with van der Waals surface area (Å²) in [7, 11) is -2.94. The third kappa shape index (κ3) is 3.31. The van der Waals surface area contributed by atoms with E-state index in [2.05, 4.69) is 0 Å². The number of carboxylic acid groups (broad SMARTS) is 1. The molecule has 0 heterocycles. The van der Waals surface area contributed by atoms with Crippen molar-refractivity contribution in [2.75, 3.05) is 7.05 Å². The molecule has 1 atom stereocenters. The Bertz CT molecular complexity index is 628. The number of hydrogen-bond acceptors (Lipinski definition) is 5. The van der Waals surface area contributed by atoms with Crippen LogP contribution in [-0.4, -0.2) is 41.8 Å². The van der Waals surface area contributed by atoms with Crippen LogP contribution in [-0.2, 0) is 14.8 Å². The normalized spacial score (nSPS) is 13.2. The van der Waals surface area contributed by atoms with Crippen LogP contribution in [0.4, 0.5) is 5.69 Å². The number of aliphatic carboxylic acids is 1. The highest BCUT2D eigenvalue weighted by atomic mass is 32.2. The first-order valence-electron chi connectivity index (χ1n) is 5.61. The summed E-state index contributed by atoms with van der Waals surface area (Å²) < 4.78 is 25.4. The van der Waals surface area contributed by atoms with Crippen LogP contribution in [0, 0.1) is 10.1 Å². The summed E-state index contributed by atoms with van der Waals surface area (Å²) in [6.07, 6.45) is -0.392. The van der Waals surface area contributed by atoms with Gasteiger partial charge < -0.3 is 5.11 Å². The van der Waals surface area contributed by atoms with Crippen molar-refractivity contribution in [1.29, 1.82) is 0 Å². The van der Waals surface area contributed by atoms with Crippen LogP contribution in [0.25, 0.3) is 0 Å². The Morgan fingerprint density at radius 3 is 2.50 bits per heavy atom. The zero-order valence-corrected chi connectivity index (χ0v) is 11.7. The first-order valence-corrected chi connectivity index (χ1v) is 7.05. The standard InChI is InChI=1S/C11H14N2O6S/c1-8(7-11(14)15)12(2)20(18,19)10-6-4-3-5-9(10)13(16)17/h3-6,8H,7H2,1-2H3,(H,14,15)/t8-/m1/s1. The fourth-order valence-electron chi connectivity index (χ4n) is 1.60. The van der Waals surface area contributed by atoms with Crippen LogP contribution < -0.4 is 0 Å². The molecule has 0 saturated carbocycles. The number of nitro benzene ring substituents is 1. The van der Waals surface area contributed by atoms with Gasteiger partial charge in [-0.1, -0.05) is 12.1 Å². The van der Waals surface area contributed by atoms with Gasteiger partial charge in [0.05, 0.1) is 11.3 Å². The minimum Gasteiger partial charge on any atom is -0.481 e. The number of benzene rings is 1. The Kier molecular flexibility index (Phi) is 4.79. The van der Waals surface area contributed by atoms with Crippen molar-refractivity contribution in [3.8, 4) is 0 Å². The van der Waals surface area contributed by atoms with Crippen LogP contribution in [0.5, 0.6) is 0 Å². The molecule has 20 heavy (non-hydrogen) atoms. The topological polar surface area (TPSA) is 118 Å². The van der Waals surface area contributed by atoms with Gasteiger partial charge in [0.15, 0.2) is 4.90 Å². The monoisotopic (exact) mass is 302 g/mol. The SMILES string of the molecule is C[C@H](CC(=O)O)N(C)S(=O)(=O)c1ccccc1[N+](=O)[O-]. The Balaban J connectivity index is 3.23. The molecule has 0 aliphatic heterocycles. The highest BCUT2D eigenvalue weighted by molar-refractivity contribution is 7.89. The Morgan fingerprint density at radius 2 is 2.00 bits per heavy atom. The van der Waals surface area contributed by atoms with E-state index in [1.165, 1.54) is 26.1 Å². The number of rotatable bonds is 6. The van der Waals surface area contributed by atoms with Gasteiger partial charge in [-0.25, -0.2) is 8.42 Å². The van der Waals surface area contributed by atoms with E-state index in [0.29, 0.717) is 0 Å². The molecule has 9 heteroatoms. The number of carboxylic acids is 1. The summed E-state index contributed by atoms with van der Waals surface area (Å²) in [6.45, 7) is 1.42. The fraction of sp³-hybridized carbons (Fsp3) is 0.364. The molecule has 0 fully saturated rings. The van der Waals surface area contributed by atoms with Crippen LogP contribution >= 0.6 is 0 Å². The van der Waals surface area contributed by atoms with Crippen molar-refractivity contribution >= 4 is 21.7 Å². The predicted molar refractivity (Wildman–Crippen MR) is 69.8 cm³/mol. The fourth-order valence-corrected chi connectivity index (χ4v) is 3.12. The Morgan fingerprint density at radius 1 is 1.45 bits per heavy atom. The number of nitrogens with zero attached hydrogens (tertiary/aromatic N) is 2. The molecule has 0 spiro atoms. The molecule has 0 unspecified atom stereocenters. The van der Waals surface area contributed by atoms with E-state index in [4.69, 9.17) is 5.11 Å². The maximum atomic E-state index is 12.3. The van der Waals surface area contributed by atoms with Crippen LogP contribution in [0.2, 0.25) is 0 Å². The second-order valence-corrected chi connectivity index (χ2v) is 6.16. The lowest BCUT2D eigenvalue weighted by Gasteiger charge is -2.22. The van der Waals surface area contributed by atoms with Crippen molar-refractivity contribution in [2.24, 2.45) is 0 Å². The van der Waals surface area contributed by atoms with Gasteiger partial charge in [0, 0.05) is 19.2 Å². The van der Waals surface area contributed by atoms with E-state index in [-0.39, 0.29) is 0 Å². The molecule has 0 saturated heterocycles. The lowest BCUT2D eigenvalue weighted by Crippen LogP contribution is -2.36. The predicted octanol–water partition coefficient (Wildman–Crippen LogP) is 1.08. The summed E-state index contributed by atoms with van der Waals surface area (Å²) in [4.78, 5) is 20.2. The zero-order valence-electron chi connectivity index (χ0n) is 10.9. The minimum atomic E-state index is -4.13. The molecule has 1 aromatic carbocycles. The van der Waals surface area contributed by atoms with Crippen molar-refractivity contribution < 1.29 is 23.2 Å². The van der Waals surface area contributed by atoms with Gasteiger partial charge in [-0.3, -0.25) is 14.9 Å². The van der Waals surface area contributed by atoms with Gasteiger partial charge in [0.1, 0.15) is 0 Å². The van der Waals surface area contributed by atoms with E-state index in [0.717, 1.165) is 16.4 Å². The van der Waals surface area contributed by atoms with E-state index >= 15 is 0 Å². The maximum absolute atomic E-state index is 12.3. The third-order valence-corrected chi connectivity index (χ3v) is 4.83. The number of para-hydroxylation sites is 1. The molecule has 0 aliphatic carbocycles. The molecule has 0 radical (unpaired) electrons. The maximum Gasteiger partial charge on any atom is 0.304 e. The number of nitro groups is 1. The van der Waals surface area contributed by atoms with E-state index in [1.54, 1.807) is 0 Å². The molecule has 1 rings (SSSR count). The molecule has 0 bridgehead atoms. The van der Waals surface area contributed by atoms with E-state index in [9.17, 15) is 23.3 Å². The van der Waals surface area contributed by atoms with Gasteiger partial charge in [0.25, 0.3) is 5.69 Å². The molecule has 1 aromatic rings. The van der Waals surface area contributed by atoms with Crippen molar-refractivity contribution in [3.05, 3.63) is 34.4 Å². The highest BCUT2D eigenvalue weighted by Gasteiger charge is 2.32.